The molecule has 7 nitrogen and oxygen atoms in total. The van der Waals surface area contributed by atoms with Crippen molar-refractivity contribution in [1.82, 2.24) is 24.9 Å². The largest absolute Gasteiger partial charge is 0.349 e. The van der Waals surface area contributed by atoms with Crippen LogP contribution in [0, 0.1) is 0 Å². The van der Waals surface area contributed by atoms with E-state index in [1.807, 2.05) is 0 Å². The van der Waals surface area contributed by atoms with Gasteiger partial charge in [0.2, 0.25) is 0 Å². The Morgan fingerprint density at radius 3 is 2.88 bits per heavy atom. The Bertz CT molecular complexity index is 532. The van der Waals surface area contributed by atoms with Crippen LogP contribution in [-0.4, -0.2) is 35.1 Å². The minimum Gasteiger partial charge on any atom is -0.349 e. The molecule has 3 N–H and O–H groups in total. The van der Waals surface area contributed by atoms with E-state index in [1.54, 1.807) is 12.4 Å². The van der Waals surface area contributed by atoms with E-state index in [4.69, 9.17) is 0 Å². The highest BCUT2D eigenvalue weighted by molar-refractivity contribution is 7.89. The monoisotopic (exact) mass is 255 g/mol. The summed E-state index contributed by atoms with van der Waals surface area (Å²) >= 11 is 0. The number of rotatable bonds is 6. The highest BCUT2D eigenvalue weighted by atomic mass is 32.2. The van der Waals surface area contributed by atoms with Gasteiger partial charge in [-0.1, -0.05) is 0 Å². The summed E-state index contributed by atoms with van der Waals surface area (Å²) in [5, 5.41) is 6.09. The molecule has 2 aromatic rings. The summed E-state index contributed by atoms with van der Waals surface area (Å²) in [6.45, 7) is 0.363. The van der Waals surface area contributed by atoms with Gasteiger partial charge in [-0.05, 0) is 12.5 Å². The van der Waals surface area contributed by atoms with Crippen molar-refractivity contribution in [2.24, 2.45) is 0 Å². The first-order valence-electron chi connectivity index (χ1n) is 5.16. The highest BCUT2D eigenvalue weighted by Gasteiger charge is 2.13. The third kappa shape index (κ3) is 3.14. The second kappa shape index (κ2) is 5.11. The van der Waals surface area contributed by atoms with E-state index in [-0.39, 0.29) is 5.03 Å². The number of hydrogen-bond donors (Lipinski definition) is 3. The summed E-state index contributed by atoms with van der Waals surface area (Å²) in [6, 6.07) is 1.41. The summed E-state index contributed by atoms with van der Waals surface area (Å²) in [4.78, 5) is 7.01. The van der Waals surface area contributed by atoms with Crippen molar-refractivity contribution >= 4 is 10.0 Å². The van der Waals surface area contributed by atoms with Crippen LogP contribution < -0.4 is 4.72 Å². The third-order valence-corrected chi connectivity index (χ3v) is 3.59. The first-order chi connectivity index (χ1) is 8.18. The lowest BCUT2D eigenvalue weighted by atomic mass is 10.3. The topological polar surface area (TPSA) is 104 Å². The third-order valence-electron chi connectivity index (χ3n) is 2.20. The second-order valence-electron chi connectivity index (χ2n) is 3.46. The van der Waals surface area contributed by atoms with E-state index in [2.05, 4.69) is 24.9 Å². The number of aromatic nitrogens is 4. The molecule has 0 unspecified atom stereocenters. The number of nitrogens with one attached hydrogen (secondary N) is 3. The van der Waals surface area contributed by atoms with Crippen molar-refractivity contribution in [3.63, 3.8) is 0 Å². The van der Waals surface area contributed by atoms with Crippen LogP contribution in [0.15, 0.2) is 29.7 Å². The highest BCUT2D eigenvalue weighted by Crippen LogP contribution is 2.02. The Morgan fingerprint density at radius 2 is 2.24 bits per heavy atom. The van der Waals surface area contributed by atoms with Gasteiger partial charge >= 0.3 is 0 Å². The van der Waals surface area contributed by atoms with Crippen molar-refractivity contribution in [3.8, 4) is 0 Å². The second-order valence-corrected chi connectivity index (χ2v) is 5.19. The van der Waals surface area contributed by atoms with Gasteiger partial charge in [0.25, 0.3) is 10.0 Å². The van der Waals surface area contributed by atoms with Crippen LogP contribution >= 0.6 is 0 Å². The maximum Gasteiger partial charge on any atom is 0.257 e. The minimum absolute atomic E-state index is 0.0792. The molecule has 0 spiro atoms. The fourth-order valence-corrected chi connectivity index (χ4v) is 2.35. The van der Waals surface area contributed by atoms with Crippen molar-refractivity contribution in [2.75, 3.05) is 6.54 Å². The van der Waals surface area contributed by atoms with Gasteiger partial charge in [0.15, 0.2) is 5.03 Å². The summed E-state index contributed by atoms with van der Waals surface area (Å²) in [5.41, 5.74) is 0. The quantitative estimate of drug-likeness (QED) is 0.634. The standard InChI is InChI=1S/C9H13N5O2S/c15-17(16,9-3-5-12-14-9)13-4-1-2-8-10-6-7-11-8/h3,5-7,13H,1-2,4H2,(H,10,11)(H,12,14). The Hall–Kier alpha value is -1.67. The molecule has 17 heavy (non-hydrogen) atoms. The van der Waals surface area contributed by atoms with Crippen LogP contribution in [0.5, 0.6) is 0 Å². The first-order valence-corrected chi connectivity index (χ1v) is 6.64. The zero-order valence-corrected chi connectivity index (χ0v) is 9.87. The maximum absolute atomic E-state index is 11.6. The zero-order chi connectivity index (χ0) is 12.1. The summed E-state index contributed by atoms with van der Waals surface area (Å²) in [7, 11) is -3.46. The fourth-order valence-electron chi connectivity index (χ4n) is 1.37. The van der Waals surface area contributed by atoms with Crippen LogP contribution in [-0.2, 0) is 16.4 Å². The normalized spacial score (nSPS) is 11.8. The summed E-state index contributed by atoms with van der Waals surface area (Å²) < 4.78 is 25.8. The number of aryl methyl sites for hydroxylation is 1. The molecule has 2 rings (SSSR count). The molecular formula is C9H13N5O2S. The molecular weight excluding hydrogens is 242 g/mol. The van der Waals surface area contributed by atoms with E-state index < -0.39 is 10.0 Å². The van der Waals surface area contributed by atoms with Crippen LogP contribution in [0.25, 0.3) is 0 Å². The summed E-state index contributed by atoms with van der Waals surface area (Å²) in [6.07, 6.45) is 6.20. The van der Waals surface area contributed by atoms with Crippen molar-refractivity contribution in [2.45, 2.75) is 17.9 Å². The lowest BCUT2D eigenvalue weighted by Gasteiger charge is -2.03. The van der Waals surface area contributed by atoms with Gasteiger partial charge in [-0.15, -0.1) is 0 Å². The Labute approximate surface area is 98.7 Å². The fraction of sp³-hybridized carbons (Fsp3) is 0.333. The molecule has 8 heteroatoms. The molecule has 0 fully saturated rings. The lowest BCUT2D eigenvalue weighted by Crippen LogP contribution is -2.25. The van der Waals surface area contributed by atoms with E-state index in [0.717, 1.165) is 5.82 Å². The van der Waals surface area contributed by atoms with Gasteiger partial charge in [0.05, 0.1) is 6.20 Å². The molecule has 0 saturated carbocycles. The average molecular weight is 255 g/mol. The Morgan fingerprint density at radius 1 is 1.35 bits per heavy atom. The smallest absolute Gasteiger partial charge is 0.257 e. The zero-order valence-electron chi connectivity index (χ0n) is 9.05. The number of aromatic amines is 2. The molecule has 2 aromatic heterocycles. The molecule has 0 aliphatic rings. The first kappa shape index (κ1) is 11.8. The van der Waals surface area contributed by atoms with E-state index >= 15 is 0 Å². The van der Waals surface area contributed by atoms with Crippen LogP contribution in [0.2, 0.25) is 0 Å². The predicted molar refractivity (Wildman–Crippen MR) is 60.7 cm³/mol. The van der Waals surface area contributed by atoms with Crippen LogP contribution in [0.1, 0.15) is 12.2 Å². The van der Waals surface area contributed by atoms with E-state index in [1.165, 1.54) is 12.3 Å². The minimum atomic E-state index is -3.46. The molecule has 0 aromatic carbocycles. The molecule has 0 atom stereocenters. The average Bonchev–Trinajstić information content (AvgIpc) is 2.97. The van der Waals surface area contributed by atoms with Crippen LogP contribution in [0.4, 0.5) is 0 Å². The van der Waals surface area contributed by atoms with E-state index in [9.17, 15) is 8.42 Å². The number of sulfonamides is 1. The summed E-state index contributed by atoms with van der Waals surface area (Å²) in [5.74, 6) is 0.853. The van der Waals surface area contributed by atoms with Gasteiger partial charge < -0.3 is 4.98 Å². The molecule has 92 valence electrons. The molecule has 2 heterocycles. The van der Waals surface area contributed by atoms with Gasteiger partial charge in [0, 0.05) is 25.4 Å². The van der Waals surface area contributed by atoms with Crippen molar-refractivity contribution < 1.29 is 8.42 Å². The predicted octanol–water partition coefficient (Wildman–Crippen LogP) is 0.0439. The SMILES string of the molecule is O=S(=O)(NCCCc1ncc[nH]1)c1ccn[nH]1. The Balaban J connectivity index is 1.79. The molecule has 0 aliphatic carbocycles. The van der Waals surface area contributed by atoms with Crippen molar-refractivity contribution in [1.29, 1.82) is 0 Å². The van der Waals surface area contributed by atoms with Crippen LogP contribution in [0.3, 0.4) is 0 Å². The number of nitrogens with zero attached hydrogens (tertiary/aromatic N) is 2. The molecule has 0 bridgehead atoms. The van der Waals surface area contributed by atoms with Gasteiger partial charge in [-0.25, -0.2) is 18.1 Å². The van der Waals surface area contributed by atoms with E-state index in [0.29, 0.717) is 19.4 Å². The number of hydrogen-bond acceptors (Lipinski definition) is 4. The lowest BCUT2D eigenvalue weighted by molar-refractivity contribution is 0.574. The number of imidazole rings is 1. The molecule has 0 radical (unpaired) electrons. The van der Waals surface area contributed by atoms with Crippen molar-refractivity contribution in [3.05, 3.63) is 30.5 Å². The molecule has 0 aliphatic heterocycles. The van der Waals surface area contributed by atoms with Gasteiger partial charge in [0.1, 0.15) is 5.82 Å². The maximum atomic E-state index is 11.6. The Kier molecular flexibility index (Phi) is 3.55. The van der Waals surface area contributed by atoms with Gasteiger partial charge in [-0.3, -0.25) is 5.10 Å². The number of H-pyrrole nitrogens is 2. The molecule has 0 amide bonds. The van der Waals surface area contributed by atoms with Gasteiger partial charge in [-0.2, -0.15) is 5.10 Å². The molecule has 0 saturated heterocycles.